The molecule has 1 rings (SSSR count). The Bertz CT molecular complexity index is 161. The first kappa shape index (κ1) is 9.32. The number of hydrogen-bond donors (Lipinski definition) is 3. The van der Waals surface area contributed by atoms with Gasteiger partial charge in [0.05, 0.1) is 0 Å². The smallest absolute Gasteiger partial charge is 0.404 e. The Labute approximate surface area is 72.1 Å². The standard InChI is InChI=1S/C8H16N2O2/c9-5-6-3-1-2-4-7(6)10-8(11)12/h6-7,10H,1-5,9H2,(H,11,12)/t6-,7+/m0/s1. The second-order valence-electron chi connectivity index (χ2n) is 3.34. The van der Waals surface area contributed by atoms with Crippen molar-refractivity contribution in [2.75, 3.05) is 6.54 Å². The van der Waals surface area contributed by atoms with Gasteiger partial charge in [0, 0.05) is 6.04 Å². The molecule has 0 aliphatic heterocycles. The summed E-state index contributed by atoms with van der Waals surface area (Å²) in [5.41, 5.74) is 5.54. The van der Waals surface area contributed by atoms with E-state index in [4.69, 9.17) is 10.8 Å². The summed E-state index contributed by atoms with van der Waals surface area (Å²) >= 11 is 0. The van der Waals surface area contributed by atoms with Crippen LogP contribution in [0.25, 0.3) is 0 Å². The summed E-state index contributed by atoms with van der Waals surface area (Å²) in [6.45, 7) is 0.588. The van der Waals surface area contributed by atoms with Crippen molar-refractivity contribution in [1.29, 1.82) is 0 Å². The Balaban J connectivity index is 2.41. The van der Waals surface area contributed by atoms with Crippen LogP contribution in [0.3, 0.4) is 0 Å². The van der Waals surface area contributed by atoms with Crippen molar-refractivity contribution >= 4 is 6.09 Å². The van der Waals surface area contributed by atoms with E-state index in [2.05, 4.69) is 5.32 Å². The van der Waals surface area contributed by atoms with E-state index in [1.54, 1.807) is 0 Å². The molecular formula is C8H16N2O2. The highest BCUT2D eigenvalue weighted by molar-refractivity contribution is 5.64. The highest BCUT2D eigenvalue weighted by Gasteiger charge is 2.24. The largest absolute Gasteiger partial charge is 0.465 e. The van der Waals surface area contributed by atoms with E-state index in [-0.39, 0.29) is 6.04 Å². The maximum absolute atomic E-state index is 10.4. The molecule has 4 N–H and O–H groups in total. The summed E-state index contributed by atoms with van der Waals surface area (Å²) in [5.74, 6) is 0.342. The molecule has 1 aliphatic rings. The van der Waals surface area contributed by atoms with Gasteiger partial charge in [-0.1, -0.05) is 12.8 Å². The number of carboxylic acid groups (broad SMARTS) is 1. The Hall–Kier alpha value is -0.770. The molecule has 0 spiro atoms. The number of hydrogen-bond acceptors (Lipinski definition) is 2. The first-order valence-electron chi connectivity index (χ1n) is 4.43. The van der Waals surface area contributed by atoms with E-state index in [0.29, 0.717) is 12.5 Å². The lowest BCUT2D eigenvalue weighted by molar-refractivity contribution is 0.176. The normalized spacial score (nSPS) is 29.8. The van der Waals surface area contributed by atoms with Crippen LogP contribution in [0.5, 0.6) is 0 Å². The van der Waals surface area contributed by atoms with Gasteiger partial charge in [-0.25, -0.2) is 4.79 Å². The first-order valence-corrected chi connectivity index (χ1v) is 4.43. The molecule has 0 unspecified atom stereocenters. The summed E-state index contributed by atoms with van der Waals surface area (Å²) in [7, 11) is 0. The highest BCUT2D eigenvalue weighted by Crippen LogP contribution is 2.23. The average molecular weight is 172 g/mol. The van der Waals surface area contributed by atoms with E-state index in [1.165, 1.54) is 6.42 Å². The molecular weight excluding hydrogens is 156 g/mol. The van der Waals surface area contributed by atoms with Crippen molar-refractivity contribution < 1.29 is 9.90 Å². The molecule has 1 aliphatic carbocycles. The van der Waals surface area contributed by atoms with Crippen LogP contribution in [-0.2, 0) is 0 Å². The van der Waals surface area contributed by atoms with Crippen LogP contribution in [0.4, 0.5) is 4.79 Å². The van der Waals surface area contributed by atoms with Crippen molar-refractivity contribution in [2.45, 2.75) is 31.7 Å². The SMILES string of the molecule is NC[C@@H]1CCCC[C@H]1NC(=O)O. The molecule has 0 saturated heterocycles. The number of amides is 1. The zero-order chi connectivity index (χ0) is 8.97. The number of nitrogens with one attached hydrogen (secondary N) is 1. The van der Waals surface area contributed by atoms with Gasteiger partial charge in [-0.15, -0.1) is 0 Å². The quantitative estimate of drug-likeness (QED) is 0.576. The fourth-order valence-electron chi connectivity index (χ4n) is 1.84. The molecule has 0 radical (unpaired) electrons. The van der Waals surface area contributed by atoms with Gasteiger partial charge in [-0.3, -0.25) is 0 Å². The third kappa shape index (κ3) is 2.37. The summed E-state index contributed by atoms with van der Waals surface area (Å²) in [6, 6.07) is 0.0845. The Morgan fingerprint density at radius 2 is 2.17 bits per heavy atom. The van der Waals surface area contributed by atoms with Crippen molar-refractivity contribution in [1.82, 2.24) is 5.32 Å². The van der Waals surface area contributed by atoms with Gasteiger partial charge in [-0.05, 0) is 25.3 Å². The van der Waals surface area contributed by atoms with Gasteiger partial charge in [0.2, 0.25) is 0 Å². The second-order valence-corrected chi connectivity index (χ2v) is 3.34. The zero-order valence-electron chi connectivity index (χ0n) is 7.12. The van der Waals surface area contributed by atoms with Crippen molar-refractivity contribution in [3.63, 3.8) is 0 Å². The molecule has 0 bridgehead atoms. The molecule has 70 valence electrons. The van der Waals surface area contributed by atoms with Crippen LogP contribution in [0.2, 0.25) is 0 Å². The molecule has 12 heavy (non-hydrogen) atoms. The minimum Gasteiger partial charge on any atom is -0.465 e. The van der Waals surface area contributed by atoms with Crippen LogP contribution in [0.1, 0.15) is 25.7 Å². The monoisotopic (exact) mass is 172 g/mol. The highest BCUT2D eigenvalue weighted by atomic mass is 16.4. The van der Waals surface area contributed by atoms with E-state index >= 15 is 0 Å². The molecule has 0 aromatic heterocycles. The van der Waals surface area contributed by atoms with Crippen LogP contribution in [0.15, 0.2) is 0 Å². The van der Waals surface area contributed by atoms with E-state index in [1.807, 2.05) is 0 Å². The molecule has 1 amide bonds. The summed E-state index contributed by atoms with van der Waals surface area (Å²) in [5, 5.41) is 11.0. The van der Waals surface area contributed by atoms with Gasteiger partial charge < -0.3 is 16.2 Å². The molecule has 1 saturated carbocycles. The van der Waals surface area contributed by atoms with Crippen LogP contribution < -0.4 is 11.1 Å². The lowest BCUT2D eigenvalue weighted by Gasteiger charge is -2.30. The van der Waals surface area contributed by atoms with Gasteiger partial charge in [0.15, 0.2) is 0 Å². The van der Waals surface area contributed by atoms with Gasteiger partial charge in [-0.2, -0.15) is 0 Å². The van der Waals surface area contributed by atoms with Gasteiger partial charge in [0.25, 0.3) is 0 Å². The van der Waals surface area contributed by atoms with Gasteiger partial charge >= 0.3 is 6.09 Å². The Kier molecular flexibility index (Phi) is 3.34. The molecule has 1 fully saturated rings. The maximum atomic E-state index is 10.4. The third-order valence-electron chi connectivity index (χ3n) is 2.52. The minimum atomic E-state index is -0.930. The van der Waals surface area contributed by atoms with Crippen molar-refractivity contribution in [3.05, 3.63) is 0 Å². The fourth-order valence-corrected chi connectivity index (χ4v) is 1.84. The summed E-state index contributed by atoms with van der Waals surface area (Å²) in [4.78, 5) is 10.4. The first-order chi connectivity index (χ1) is 5.74. The van der Waals surface area contributed by atoms with E-state index < -0.39 is 6.09 Å². The molecule has 4 heteroatoms. The zero-order valence-corrected chi connectivity index (χ0v) is 7.12. The lowest BCUT2D eigenvalue weighted by atomic mass is 9.85. The summed E-state index contributed by atoms with van der Waals surface area (Å²) in [6.07, 6.45) is 3.36. The fraction of sp³-hybridized carbons (Fsp3) is 0.875. The lowest BCUT2D eigenvalue weighted by Crippen LogP contribution is -2.44. The molecule has 4 nitrogen and oxygen atoms in total. The Morgan fingerprint density at radius 1 is 1.50 bits per heavy atom. The van der Waals surface area contributed by atoms with Crippen LogP contribution in [-0.4, -0.2) is 23.8 Å². The predicted molar refractivity (Wildman–Crippen MR) is 46.0 cm³/mol. The van der Waals surface area contributed by atoms with Crippen molar-refractivity contribution in [3.8, 4) is 0 Å². The minimum absolute atomic E-state index is 0.0845. The third-order valence-corrected chi connectivity index (χ3v) is 2.52. The van der Waals surface area contributed by atoms with Gasteiger partial charge in [0.1, 0.15) is 0 Å². The molecule has 0 aromatic rings. The number of nitrogens with two attached hydrogens (primary N) is 1. The average Bonchev–Trinajstić information content (AvgIpc) is 2.04. The predicted octanol–water partition coefficient (Wildman–Crippen LogP) is 0.772. The van der Waals surface area contributed by atoms with Crippen molar-refractivity contribution in [2.24, 2.45) is 11.7 Å². The molecule has 0 heterocycles. The molecule has 0 aromatic carbocycles. The molecule has 2 atom stereocenters. The van der Waals surface area contributed by atoms with Crippen LogP contribution in [0, 0.1) is 5.92 Å². The van der Waals surface area contributed by atoms with E-state index in [0.717, 1.165) is 19.3 Å². The number of rotatable bonds is 2. The second kappa shape index (κ2) is 4.30. The maximum Gasteiger partial charge on any atom is 0.404 e. The summed E-state index contributed by atoms with van der Waals surface area (Å²) < 4.78 is 0. The van der Waals surface area contributed by atoms with Crippen LogP contribution >= 0.6 is 0 Å². The van der Waals surface area contributed by atoms with E-state index in [9.17, 15) is 4.79 Å². The Morgan fingerprint density at radius 3 is 2.75 bits per heavy atom. The number of carbonyl (C=O) groups is 1. The topological polar surface area (TPSA) is 75.3 Å².